The summed E-state index contributed by atoms with van der Waals surface area (Å²) in [6.07, 6.45) is 17.9. The summed E-state index contributed by atoms with van der Waals surface area (Å²) in [6, 6.07) is 38.9. The lowest BCUT2D eigenvalue weighted by atomic mass is 9.97. The lowest BCUT2D eigenvalue weighted by molar-refractivity contribution is 0.603. The van der Waals surface area contributed by atoms with E-state index in [2.05, 4.69) is 170 Å². The molecule has 0 radical (unpaired) electrons. The van der Waals surface area contributed by atoms with Crippen molar-refractivity contribution in [2.75, 3.05) is 4.90 Å². The van der Waals surface area contributed by atoms with Crippen LogP contribution in [0.2, 0.25) is 0 Å². The highest BCUT2D eigenvalue weighted by molar-refractivity contribution is 7.26. The first-order valence-electron chi connectivity index (χ1n) is 16.0. The molecular weight excluding hydrogens is 591 g/mol. The van der Waals surface area contributed by atoms with Gasteiger partial charge in [0, 0.05) is 43.1 Å². The standard InChI is InChI=1S/C44H33NOS/c1-3-15-35(41-29-32-28-27-30-17-8-9-20-33(30)43(32)46-41)34-21-10-12-24-39(34)45(38(16-4-2)31-18-6-5-7-19-31)40-25-14-23-37-36-22-11-13-26-42(36)47-44(37)40/h3-18,20-29H,1,19H2,2H3/b16-4-,35-15-,38-31+. The van der Waals surface area contributed by atoms with E-state index in [-0.39, 0.29) is 0 Å². The van der Waals surface area contributed by atoms with Crippen molar-refractivity contribution >= 4 is 70.2 Å². The molecule has 226 valence electrons. The van der Waals surface area contributed by atoms with Crippen molar-refractivity contribution in [3.05, 3.63) is 187 Å². The minimum absolute atomic E-state index is 0.810. The molecule has 0 amide bonds. The Bertz CT molecular complexity index is 2480. The average Bonchev–Trinajstić information content (AvgIpc) is 3.74. The van der Waals surface area contributed by atoms with Gasteiger partial charge in [0.2, 0.25) is 0 Å². The van der Waals surface area contributed by atoms with Crippen molar-refractivity contribution in [1.29, 1.82) is 0 Å². The number of rotatable bonds is 7. The smallest absolute Gasteiger partial charge is 0.142 e. The molecule has 0 unspecified atom stereocenters. The molecule has 2 aromatic heterocycles. The molecule has 1 aliphatic carbocycles. The number of hydrogen-bond donors (Lipinski definition) is 0. The third-order valence-corrected chi connectivity index (χ3v) is 10.0. The number of hydrogen-bond acceptors (Lipinski definition) is 3. The lowest BCUT2D eigenvalue weighted by Crippen LogP contribution is -2.19. The summed E-state index contributed by atoms with van der Waals surface area (Å²) >= 11 is 1.85. The van der Waals surface area contributed by atoms with Gasteiger partial charge in [-0.05, 0) is 54.6 Å². The van der Waals surface area contributed by atoms with Crippen LogP contribution < -0.4 is 4.90 Å². The van der Waals surface area contributed by atoms with Crippen LogP contribution in [0.1, 0.15) is 24.7 Å². The molecule has 0 fully saturated rings. The van der Waals surface area contributed by atoms with Crippen LogP contribution in [0.5, 0.6) is 0 Å². The number of benzene rings is 5. The van der Waals surface area contributed by atoms with E-state index < -0.39 is 0 Å². The first-order valence-corrected chi connectivity index (χ1v) is 16.8. The minimum Gasteiger partial charge on any atom is -0.455 e. The molecule has 0 saturated heterocycles. The van der Waals surface area contributed by atoms with Crippen molar-refractivity contribution in [3.8, 4) is 0 Å². The highest BCUT2D eigenvalue weighted by Gasteiger charge is 2.25. The molecule has 7 aromatic rings. The van der Waals surface area contributed by atoms with E-state index in [4.69, 9.17) is 4.42 Å². The van der Waals surface area contributed by atoms with Gasteiger partial charge in [-0.15, -0.1) is 11.3 Å². The number of anilines is 2. The van der Waals surface area contributed by atoms with Crippen LogP contribution in [0, 0.1) is 0 Å². The van der Waals surface area contributed by atoms with E-state index in [0.717, 1.165) is 62.1 Å². The van der Waals surface area contributed by atoms with Crippen molar-refractivity contribution in [3.63, 3.8) is 0 Å². The Morgan fingerprint density at radius 2 is 1.55 bits per heavy atom. The van der Waals surface area contributed by atoms with E-state index in [9.17, 15) is 0 Å². The summed E-state index contributed by atoms with van der Waals surface area (Å²) in [6.45, 7) is 6.22. The van der Waals surface area contributed by atoms with Gasteiger partial charge in [-0.2, -0.15) is 0 Å². The van der Waals surface area contributed by atoms with Crippen molar-refractivity contribution in [2.45, 2.75) is 13.3 Å². The van der Waals surface area contributed by atoms with Crippen LogP contribution in [0.4, 0.5) is 11.4 Å². The molecular formula is C44H33NOS. The van der Waals surface area contributed by atoms with Crippen molar-refractivity contribution in [1.82, 2.24) is 0 Å². The maximum atomic E-state index is 6.75. The summed E-state index contributed by atoms with van der Waals surface area (Å²) in [7, 11) is 0. The summed E-state index contributed by atoms with van der Waals surface area (Å²) in [4.78, 5) is 2.45. The number of para-hydroxylation sites is 1. The average molecular weight is 624 g/mol. The molecule has 5 aromatic carbocycles. The Hall–Kier alpha value is -5.64. The number of thiophene rings is 1. The molecule has 0 bridgehead atoms. The molecule has 0 aliphatic heterocycles. The van der Waals surface area contributed by atoms with Crippen LogP contribution in [-0.4, -0.2) is 0 Å². The summed E-state index contributed by atoms with van der Waals surface area (Å²) in [5.74, 6) is 0.810. The zero-order chi connectivity index (χ0) is 31.7. The fraction of sp³-hybridized carbons (Fsp3) is 0.0455. The van der Waals surface area contributed by atoms with Gasteiger partial charge in [-0.25, -0.2) is 0 Å². The zero-order valence-corrected chi connectivity index (χ0v) is 27.0. The Morgan fingerprint density at radius 1 is 0.787 bits per heavy atom. The second-order valence-corrected chi connectivity index (χ2v) is 12.7. The summed E-state index contributed by atoms with van der Waals surface area (Å²) in [5.41, 5.74) is 7.54. The molecule has 1 aliphatic rings. The number of furan rings is 1. The minimum atomic E-state index is 0.810. The largest absolute Gasteiger partial charge is 0.455 e. The van der Waals surface area contributed by atoms with Gasteiger partial charge in [0.05, 0.1) is 16.1 Å². The Morgan fingerprint density at radius 3 is 2.40 bits per heavy atom. The fourth-order valence-electron chi connectivity index (χ4n) is 6.70. The van der Waals surface area contributed by atoms with Crippen LogP contribution in [0.15, 0.2) is 180 Å². The topological polar surface area (TPSA) is 16.4 Å². The van der Waals surface area contributed by atoms with E-state index in [1.807, 2.05) is 17.4 Å². The van der Waals surface area contributed by atoms with Crippen LogP contribution in [0.3, 0.4) is 0 Å². The maximum Gasteiger partial charge on any atom is 0.142 e. The SMILES string of the molecule is C=C/C=C(\c1cc2ccc3ccccc3c2o1)c1ccccc1N(C(/C=C\C)=C1\C=CC=CC1)c1cccc2c1sc1ccccc12. The van der Waals surface area contributed by atoms with E-state index in [1.165, 1.54) is 25.7 Å². The lowest BCUT2D eigenvalue weighted by Gasteiger charge is -2.31. The summed E-state index contributed by atoms with van der Waals surface area (Å²) < 4.78 is 9.28. The number of fused-ring (bicyclic) bond motifs is 6. The van der Waals surface area contributed by atoms with E-state index >= 15 is 0 Å². The monoisotopic (exact) mass is 623 g/mol. The highest BCUT2D eigenvalue weighted by Crippen LogP contribution is 2.46. The predicted molar refractivity (Wildman–Crippen MR) is 204 cm³/mol. The second kappa shape index (κ2) is 12.3. The zero-order valence-electron chi connectivity index (χ0n) is 26.2. The van der Waals surface area contributed by atoms with Gasteiger partial charge in [-0.1, -0.05) is 134 Å². The third kappa shape index (κ3) is 5.06. The molecule has 3 heteroatoms. The first-order chi connectivity index (χ1) is 23.2. The van der Waals surface area contributed by atoms with E-state index in [1.54, 1.807) is 0 Å². The van der Waals surface area contributed by atoms with Gasteiger partial charge < -0.3 is 9.32 Å². The first kappa shape index (κ1) is 28.8. The fourth-order valence-corrected chi connectivity index (χ4v) is 7.91. The number of allylic oxidation sites excluding steroid dienone is 9. The second-order valence-electron chi connectivity index (χ2n) is 11.6. The van der Waals surface area contributed by atoms with Gasteiger partial charge in [0.15, 0.2) is 0 Å². The Labute approximate surface area is 278 Å². The molecule has 0 atom stereocenters. The Kier molecular flexibility index (Phi) is 7.53. The van der Waals surface area contributed by atoms with E-state index in [0.29, 0.717) is 0 Å². The highest BCUT2D eigenvalue weighted by atomic mass is 32.1. The molecule has 0 saturated carbocycles. The Balaban J connectivity index is 1.41. The van der Waals surface area contributed by atoms with Crippen LogP contribution in [0.25, 0.3) is 47.5 Å². The normalized spacial score (nSPS) is 14.6. The molecule has 2 heterocycles. The molecule has 2 nitrogen and oxygen atoms in total. The maximum absolute atomic E-state index is 6.75. The quantitative estimate of drug-likeness (QED) is 0.164. The van der Waals surface area contributed by atoms with Gasteiger partial charge >= 0.3 is 0 Å². The van der Waals surface area contributed by atoms with Gasteiger partial charge in [-0.3, -0.25) is 0 Å². The van der Waals surface area contributed by atoms with Gasteiger partial charge in [0.1, 0.15) is 11.3 Å². The molecule has 47 heavy (non-hydrogen) atoms. The van der Waals surface area contributed by atoms with Gasteiger partial charge in [0.25, 0.3) is 0 Å². The summed E-state index contributed by atoms with van der Waals surface area (Å²) in [5, 5.41) is 5.90. The number of nitrogens with zero attached hydrogens (tertiary/aromatic N) is 1. The van der Waals surface area contributed by atoms with Crippen LogP contribution in [-0.2, 0) is 0 Å². The third-order valence-electron chi connectivity index (χ3n) is 8.79. The molecule has 0 N–H and O–H groups in total. The van der Waals surface area contributed by atoms with Crippen LogP contribution >= 0.6 is 11.3 Å². The molecule has 0 spiro atoms. The van der Waals surface area contributed by atoms with Crippen molar-refractivity contribution < 1.29 is 4.42 Å². The van der Waals surface area contributed by atoms with Crippen molar-refractivity contribution in [2.24, 2.45) is 0 Å². The molecule has 8 rings (SSSR count). The predicted octanol–water partition coefficient (Wildman–Crippen LogP) is 13.1.